The lowest BCUT2D eigenvalue weighted by Crippen LogP contribution is -2.30. The third kappa shape index (κ3) is 2.47. The Morgan fingerprint density at radius 3 is 2.77 bits per heavy atom. The zero-order chi connectivity index (χ0) is 18.4. The van der Waals surface area contributed by atoms with Gasteiger partial charge in [-0.2, -0.15) is 5.10 Å². The molecule has 1 aliphatic heterocycles. The van der Waals surface area contributed by atoms with Crippen LogP contribution in [-0.2, 0) is 11.3 Å². The van der Waals surface area contributed by atoms with E-state index in [1.54, 1.807) is 11.1 Å². The summed E-state index contributed by atoms with van der Waals surface area (Å²) in [6.07, 6.45) is 1.80. The standard InChI is InChI=1S/C20H18N4O2/c1-11(19(21)25)9-24-10-18-15(20(24)26)6-5-13-3-4-14(7-16(13)18)17-8-22-23-12(17)2/h3-8H,1,9-10H2,2H3,(H2,21,25)(H,22,23). The number of hydrogen-bond acceptors (Lipinski definition) is 3. The van der Waals surface area contributed by atoms with E-state index in [2.05, 4.69) is 28.9 Å². The van der Waals surface area contributed by atoms with E-state index in [9.17, 15) is 9.59 Å². The second-order valence-electron chi connectivity index (χ2n) is 6.57. The van der Waals surface area contributed by atoms with Crippen LogP contribution in [0.1, 0.15) is 21.6 Å². The normalized spacial score (nSPS) is 13.3. The number of nitrogens with zero attached hydrogens (tertiary/aromatic N) is 2. The number of nitrogens with one attached hydrogen (secondary N) is 1. The minimum atomic E-state index is -0.587. The quantitative estimate of drug-likeness (QED) is 0.711. The van der Waals surface area contributed by atoms with Gasteiger partial charge in [0.15, 0.2) is 0 Å². The zero-order valence-electron chi connectivity index (χ0n) is 14.4. The molecule has 0 atom stereocenters. The van der Waals surface area contributed by atoms with Crippen molar-refractivity contribution in [2.75, 3.05) is 6.54 Å². The van der Waals surface area contributed by atoms with Gasteiger partial charge in [-0.05, 0) is 41.0 Å². The highest BCUT2D eigenvalue weighted by Crippen LogP contribution is 2.33. The molecule has 26 heavy (non-hydrogen) atoms. The highest BCUT2D eigenvalue weighted by atomic mass is 16.2. The molecule has 6 nitrogen and oxygen atoms in total. The van der Waals surface area contributed by atoms with E-state index >= 15 is 0 Å². The fourth-order valence-electron chi connectivity index (χ4n) is 3.43. The maximum Gasteiger partial charge on any atom is 0.254 e. The summed E-state index contributed by atoms with van der Waals surface area (Å²) in [5, 5.41) is 9.13. The second kappa shape index (κ2) is 5.84. The fraction of sp³-hybridized carbons (Fsp3) is 0.150. The summed E-state index contributed by atoms with van der Waals surface area (Å²) in [6.45, 7) is 6.21. The molecule has 2 heterocycles. The molecule has 2 amide bonds. The average molecular weight is 346 g/mol. The number of carbonyl (C=O) groups excluding carboxylic acids is 2. The van der Waals surface area contributed by atoms with Gasteiger partial charge < -0.3 is 10.6 Å². The van der Waals surface area contributed by atoms with Crippen molar-refractivity contribution in [1.82, 2.24) is 15.1 Å². The van der Waals surface area contributed by atoms with Crippen molar-refractivity contribution < 1.29 is 9.59 Å². The summed E-state index contributed by atoms with van der Waals surface area (Å²) in [4.78, 5) is 25.6. The highest BCUT2D eigenvalue weighted by molar-refractivity contribution is 6.05. The molecule has 130 valence electrons. The predicted molar refractivity (Wildman–Crippen MR) is 99.3 cm³/mol. The molecule has 1 aromatic heterocycles. The van der Waals surface area contributed by atoms with Crippen molar-refractivity contribution in [1.29, 1.82) is 0 Å². The summed E-state index contributed by atoms with van der Waals surface area (Å²) in [5.74, 6) is -0.689. The number of carbonyl (C=O) groups is 2. The fourth-order valence-corrected chi connectivity index (χ4v) is 3.43. The number of H-pyrrole nitrogens is 1. The van der Waals surface area contributed by atoms with Crippen LogP contribution < -0.4 is 5.73 Å². The van der Waals surface area contributed by atoms with Crippen molar-refractivity contribution in [3.8, 4) is 11.1 Å². The highest BCUT2D eigenvalue weighted by Gasteiger charge is 2.29. The lowest BCUT2D eigenvalue weighted by atomic mass is 9.96. The Morgan fingerprint density at radius 2 is 2.08 bits per heavy atom. The number of nitrogens with two attached hydrogens (primary N) is 1. The third-order valence-corrected chi connectivity index (χ3v) is 4.87. The molecular formula is C20H18N4O2. The first kappa shape index (κ1) is 16.1. The molecule has 0 unspecified atom stereocenters. The van der Waals surface area contributed by atoms with Crippen LogP contribution in [0.5, 0.6) is 0 Å². The Kier molecular flexibility index (Phi) is 3.61. The number of hydrogen-bond donors (Lipinski definition) is 2. The van der Waals surface area contributed by atoms with Gasteiger partial charge >= 0.3 is 0 Å². The van der Waals surface area contributed by atoms with Crippen LogP contribution in [0.15, 0.2) is 48.7 Å². The molecule has 3 aromatic rings. The summed E-state index contributed by atoms with van der Waals surface area (Å²) in [5.41, 5.74) is 10.2. The van der Waals surface area contributed by atoms with Crippen LogP contribution in [0.3, 0.4) is 0 Å². The first-order chi connectivity index (χ1) is 12.5. The number of aryl methyl sites for hydroxylation is 1. The Labute approximate surface area is 150 Å². The zero-order valence-corrected chi connectivity index (χ0v) is 14.4. The Hall–Kier alpha value is -3.41. The van der Waals surface area contributed by atoms with Gasteiger partial charge in [0.1, 0.15) is 0 Å². The molecule has 0 aliphatic carbocycles. The Balaban J connectivity index is 1.78. The van der Waals surface area contributed by atoms with Crippen molar-refractivity contribution in [3.63, 3.8) is 0 Å². The molecule has 4 rings (SSSR count). The number of fused-ring (bicyclic) bond motifs is 3. The van der Waals surface area contributed by atoms with Gasteiger partial charge in [0.2, 0.25) is 5.91 Å². The van der Waals surface area contributed by atoms with E-state index in [0.717, 1.165) is 33.2 Å². The van der Waals surface area contributed by atoms with Gasteiger partial charge in [-0.15, -0.1) is 0 Å². The molecule has 0 saturated carbocycles. The lowest BCUT2D eigenvalue weighted by molar-refractivity contribution is -0.114. The van der Waals surface area contributed by atoms with Crippen molar-refractivity contribution in [2.24, 2.45) is 5.73 Å². The summed E-state index contributed by atoms with van der Waals surface area (Å²) >= 11 is 0. The van der Waals surface area contributed by atoms with E-state index in [4.69, 9.17) is 5.73 Å². The van der Waals surface area contributed by atoms with Crippen LogP contribution in [0.2, 0.25) is 0 Å². The number of aromatic amines is 1. The largest absolute Gasteiger partial charge is 0.366 e. The molecule has 0 spiro atoms. The average Bonchev–Trinajstić information content (AvgIpc) is 3.18. The van der Waals surface area contributed by atoms with Gasteiger partial charge in [0.25, 0.3) is 5.91 Å². The van der Waals surface area contributed by atoms with Crippen molar-refractivity contribution in [2.45, 2.75) is 13.5 Å². The molecule has 2 aromatic carbocycles. The summed E-state index contributed by atoms with van der Waals surface area (Å²) in [7, 11) is 0. The van der Waals surface area contributed by atoms with Gasteiger partial charge in [-0.1, -0.05) is 24.8 Å². The molecule has 0 fully saturated rings. The minimum Gasteiger partial charge on any atom is -0.366 e. The summed E-state index contributed by atoms with van der Waals surface area (Å²) in [6, 6.07) is 9.98. The molecule has 1 aliphatic rings. The first-order valence-corrected chi connectivity index (χ1v) is 8.28. The van der Waals surface area contributed by atoms with E-state index in [1.165, 1.54) is 0 Å². The van der Waals surface area contributed by atoms with Gasteiger partial charge in [0, 0.05) is 28.9 Å². The molecule has 0 saturated heterocycles. The van der Waals surface area contributed by atoms with E-state index < -0.39 is 5.91 Å². The molecule has 0 bridgehead atoms. The molecular weight excluding hydrogens is 328 g/mol. The maximum absolute atomic E-state index is 12.7. The van der Waals surface area contributed by atoms with E-state index in [0.29, 0.717) is 12.1 Å². The SMILES string of the molecule is C=C(CN1Cc2c(ccc3ccc(-c4cn[nH]c4C)cc23)C1=O)C(N)=O. The van der Waals surface area contributed by atoms with Gasteiger partial charge in [-0.25, -0.2) is 0 Å². The molecule has 3 N–H and O–H groups in total. The number of rotatable bonds is 4. The number of primary amides is 1. The predicted octanol–water partition coefficient (Wildman–Crippen LogP) is 2.54. The molecule has 0 radical (unpaired) electrons. The van der Waals surface area contributed by atoms with Crippen LogP contribution in [0.25, 0.3) is 21.9 Å². The van der Waals surface area contributed by atoms with E-state index in [1.807, 2.05) is 25.1 Å². The van der Waals surface area contributed by atoms with Crippen LogP contribution in [-0.4, -0.2) is 33.5 Å². The van der Waals surface area contributed by atoms with Crippen molar-refractivity contribution in [3.05, 3.63) is 65.5 Å². The maximum atomic E-state index is 12.7. The van der Waals surface area contributed by atoms with Gasteiger partial charge in [-0.3, -0.25) is 14.7 Å². The second-order valence-corrected chi connectivity index (χ2v) is 6.57. The first-order valence-electron chi connectivity index (χ1n) is 8.28. The van der Waals surface area contributed by atoms with Crippen molar-refractivity contribution >= 4 is 22.6 Å². The number of aromatic nitrogens is 2. The lowest BCUT2D eigenvalue weighted by Gasteiger charge is -2.15. The number of amides is 2. The van der Waals surface area contributed by atoms with Crippen LogP contribution >= 0.6 is 0 Å². The van der Waals surface area contributed by atoms with Crippen LogP contribution in [0.4, 0.5) is 0 Å². The molecule has 6 heteroatoms. The third-order valence-electron chi connectivity index (χ3n) is 4.87. The monoisotopic (exact) mass is 346 g/mol. The number of benzene rings is 2. The van der Waals surface area contributed by atoms with Crippen LogP contribution in [0, 0.1) is 6.92 Å². The van der Waals surface area contributed by atoms with Gasteiger partial charge in [0.05, 0.1) is 12.7 Å². The van der Waals surface area contributed by atoms with E-state index in [-0.39, 0.29) is 18.0 Å². The Morgan fingerprint density at radius 1 is 1.31 bits per heavy atom. The minimum absolute atomic E-state index is 0.103. The Bertz CT molecular complexity index is 1080. The summed E-state index contributed by atoms with van der Waals surface area (Å²) < 4.78 is 0. The smallest absolute Gasteiger partial charge is 0.254 e. The topological polar surface area (TPSA) is 92.1 Å².